The second-order valence-electron chi connectivity index (χ2n) is 4.30. The van der Waals surface area contributed by atoms with Gasteiger partial charge >= 0.3 is 0 Å². The van der Waals surface area contributed by atoms with Crippen molar-refractivity contribution >= 4 is 11.8 Å². The van der Waals surface area contributed by atoms with Gasteiger partial charge in [-0.25, -0.2) is 0 Å². The van der Waals surface area contributed by atoms with E-state index in [0.29, 0.717) is 5.92 Å². The van der Waals surface area contributed by atoms with Crippen molar-refractivity contribution in [3.63, 3.8) is 0 Å². The molecule has 2 heteroatoms. The Hall–Kier alpha value is 0.310. The van der Waals surface area contributed by atoms with E-state index in [1.807, 2.05) is 11.8 Å². The minimum atomic E-state index is 0.00382. The van der Waals surface area contributed by atoms with E-state index < -0.39 is 0 Å². The van der Waals surface area contributed by atoms with Crippen LogP contribution in [0.15, 0.2) is 0 Å². The van der Waals surface area contributed by atoms with Gasteiger partial charge < -0.3 is 5.11 Å². The fourth-order valence-electron chi connectivity index (χ4n) is 2.29. The van der Waals surface area contributed by atoms with Crippen LogP contribution in [0.1, 0.15) is 51.9 Å². The van der Waals surface area contributed by atoms with Gasteiger partial charge in [-0.2, -0.15) is 11.8 Å². The largest absolute Gasteiger partial charge is 0.393 e. The van der Waals surface area contributed by atoms with Crippen molar-refractivity contribution in [2.45, 2.75) is 58.0 Å². The first-order valence-corrected chi connectivity index (χ1v) is 7.26. The summed E-state index contributed by atoms with van der Waals surface area (Å²) in [4.78, 5) is 0. The third-order valence-electron chi connectivity index (χ3n) is 3.19. The summed E-state index contributed by atoms with van der Waals surface area (Å²) < 4.78 is 0. The van der Waals surface area contributed by atoms with Crippen molar-refractivity contribution in [2.24, 2.45) is 5.92 Å². The van der Waals surface area contributed by atoms with Crippen molar-refractivity contribution in [1.29, 1.82) is 0 Å². The lowest BCUT2D eigenvalue weighted by atomic mass is 9.93. The minimum absolute atomic E-state index is 0.00382. The number of aliphatic hydroxyl groups is 1. The normalized spacial score (nSPS) is 28.7. The third-order valence-corrected chi connectivity index (χ3v) is 4.17. The molecular weight excluding hydrogens is 192 g/mol. The highest BCUT2D eigenvalue weighted by Gasteiger charge is 2.20. The molecule has 0 heterocycles. The van der Waals surface area contributed by atoms with Crippen LogP contribution in [0.25, 0.3) is 0 Å². The molecule has 1 fully saturated rings. The summed E-state index contributed by atoms with van der Waals surface area (Å²) in [5.74, 6) is 3.11. The summed E-state index contributed by atoms with van der Waals surface area (Å²) in [6, 6.07) is 0. The highest BCUT2D eigenvalue weighted by atomic mass is 32.2. The smallest absolute Gasteiger partial charge is 0.0568 e. The maximum atomic E-state index is 9.90. The Morgan fingerprint density at radius 2 is 2.00 bits per heavy atom. The lowest BCUT2D eigenvalue weighted by Gasteiger charge is -2.19. The molecule has 2 atom stereocenters. The molecule has 0 amide bonds. The lowest BCUT2D eigenvalue weighted by Crippen LogP contribution is -2.18. The Morgan fingerprint density at radius 3 is 2.79 bits per heavy atom. The fraction of sp³-hybridized carbons (Fsp3) is 1.00. The Labute approximate surface area is 92.7 Å². The minimum Gasteiger partial charge on any atom is -0.393 e. The maximum Gasteiger partial charge on any atom is 0.0568 e. The summed E-state index contributed by atoms with van der Waals surface area (Å²) in [5, 5.41) is 9.90. The quantitative estimate of drug-likeness (QED) is 0.561. The zero-order valence-corrected chi connectivity index (χ0v) is 10.2. The number of aliphatic hydroxyl groups excluding tert-OH is 1. The SMILES string of the molecule is CCSCCCC1CCCCCC1O. The molecular formula is C12H24OS. The lowest BCUT2D eigenvalue weighted by molar-refractivity contribution is 0.0955. The van der Waals surface area contributed by atoms with Gasteiger partial charge in [-0.1, -0.05) is 26.2 Å². The molecule has 0 aliphatic heterocycles. The van der Waals surface area contributed by atoms with Crippen LogP contribution in [0.4, 0.5) is 0 Å². The predicted octanol–water partition coefficient (Wildman–Crippen LogP) is 3.46. The van der Waals surface area contributed by atoms with Crippen LogP contribution < -0.4 is 0 Å². The molecule has 0 aromatic rings. The summed E-state index contributed by atoms with van der Waals surface area (Å²) in [6.07, 6.45) is 8.75. The molecule has 1 aliphatic rings. The number of thioether (sulfide) groups is 1. The van der Waals surface area contributed by atoms with Crippen LogP contribution in [-0.2, 0) is 0 Å². The van der Waals surface area contributed by atoms with Gasteiger partial charge in [0.15, 0.2) is 0 Å². The van der Waals surface area contributed by atoms with Crippen molar-refractivity contribution in [3.05, 3.63) is 0 Å². The molecule has 1 aliphatic carbocycles. The van der Waals surface area contributed by atoms with Crippen LogP contribution >= 0.6 is 11.8 Å². The molecule has 1 nitrogen and oxygen atoms in total. The molecule has 0 radical (unpaired) electrons. The second kappa shape index (κ2) is 7.58. The summed E-state index contributed by atoms with van der Waals surface area (Å²) in [6.45, 7) is 2.21. The van der Waals surface area contributed by atoms with Crippen LogP contribution in [0.2, 0.25) is 0 Å². The van der Waals surface area contributed by atoms with Gasteiger partial charge in [-0.3, -0.25) is 0 Å². The van der Waals surface area contributed by atoms with E-state index in [4.69, 9.17) is 0 Å². The van der Waals surface area contributed by atoms with E-state index in [-0.39, 0.29) is 6.10 Å². The van der Waals surface area contributed by atoms with Crippen molar-refractivity contribution in [3.8, 4) is 0 Å². The van der Waals surface area contributed by atoms with Crippen molar-refractivity contribution in [1.82, 2.24) is 0 Å². The van der Waals surface area contributed by atoms with E-state index >= 15 is 0 Å². The van der Waals surface area contributed by atoms with Gasteiger partial charge in [0.2, 0.25) is 0 Å². The summed E-state index contributed by atoms with van der Waals surface area (Å²) in [5.41, 5.74) is 0. The molecule has 14 heavy (non-hydrogen) atoms. The first-order chi connectivity index (χ1) is 6.84. The van der Waals surface area contributed by atoms with Crippen LogP contribution in [-0.4, -0.2) is 22.7 Å². The highest BCUT2D eigenvalue weighted by molar-refractivity contribution is 7.99. The number of hydrogen-bond donors (Lipinski definition) is 1. The Bertz CT molecular complexity index is 138. The molecule has 0 spiro atoms. The molecule has 1 N–H and O–H groups in total. The third kappa shape index (κ3) is 4.70. The van der Waals surface area contributed by atoms with Crippen molar-refractivity contribution in [2.75, 3.05) is 11.5 Å². The van der Waals surface area contributed by atoms with Gasteiger partial charge in [0, 0.05) is 0 Å². The van der Waals surface area contributed by atoms with Gasteiger partial charge in [0.1, 0.15) is 0 Å². The van der Waals surface area contributed by atoms with Gasteiger partial charge in [-0.05, 0) is 43.1 Å². The molecule has 1 saturated carbocycles. The summed E-state index contributed by atoms with van der Waals surface area (Å²) >= 11 is 2.02. The van der Waals surface area contributed by atoms with E-state index in [9.17, 15) is 5.11 Å². The fourth-order valence-corrected chi connectivity index (χ4v) is 2.95. The maximum absolute atomic E-state index is 9.90. The number of rotatable bonds is 5. The average molecular weight is 216 g/mol. The van der Waals surface area contributed by atoms with Crippen LogP contribution in [0.3, 0.4) is 0 Å². The summed E-state index contributed by atoms with van der Waals surface area (Å²) in [7, 11) is 0. The predicted molar refractivity (Wildman–Crippen MR) is 64.8 cm³/mol. The molecule has 1 rings (SSSR count). The Balaban J connectivity index is 2.13. The first kappa shape index (κ1) is 12.4. The second-order valence-corrected chi connectivity index (χ2v) is 5.70. The van der Waals surface area contributed by atoms with Crippen LogP contribution in [0, 0.1) is 5.92 Å². The van der Waals surface area contributed by atoms with Crippen molar-refractivity contribution < 1.29 is 5.11 Å². The zero-order valence-electron chi connectivity index (χ0n) is 9.37. The first-order valence-electron chi connectivity index (χ1n) is 6.10. The molecule has 84 valence electrons. The van der Waals surface area contributed by atoms with Crippen LogP contribution in [0.5, 0.6) is 0 Å². The Kier molecular flexibility index (Phi) is 6.70. The van der Waals surface area contributed by atoms with E-state index in [1.165, 1.54) is 50.0 Å². The standard InChI is InChI=1S/C12H24OS/c1-2-14-10-6-8-11-7-4-3-5-9-12(11)13/h11-13H,2-10H2,1H3. The molecule has 0 aromatic heterocycles. The van der Waals surface area contributed by atoms with Gasteiger partial charge in [-0.15, -0.1) is 0 Å². The number of hydrogen-bond acceptors (Lipinski definition) is 2. The average Bonchev–Trinajstić information content (AvgIpc) is 2.39. The molecule has 2 unspecified atom stereocenters. The van der Waals surface area contributed by atoms with E-state index in [0.717, 1.165) is 6.42 Å². The molecule has 0 bridgehead atoms. The molecule has 0 saturated heterocycles. The monoisotopic (exact) mass is 216 g/mol. The highest BCUT2D eigenvalue weighted by Crippen LogP contribution is 2.27. The zero-order chi connectivity index (χ0) is 10.2. The topological polar surface area (TPSA) is 20.2 Å². The molecule has 0 aromatic carbocycles. The van der Waals surface area contributed by atoms with E-state index in [1.54, 1.807) is 0 Å². The van der Waals surface area contributed by atoms with E-state index in [2.05, 4.69) is 6.92 Å². The Morgan fingerprint density at radius 1 is 1.21 bits per heavy atom. The van der Waals surface area contributed by atoms with Gasteiger partial charge in [0.25, 0.3) is 0 Å². The van der Waals surface area contributed by atoms with Gasteiger partial charge in [0.05, 0.1) is 6.10 Å².